The van der Waals surface area contributed by atoms with E-state index in [0.29, 0.717) is 22.8 Å². The second-order valence-corrected chi connectivity index (χ2v) is 5.65. The van der Waals surface area contributed by atoms with Crippen LogP contribution >= 0.6 is 15.9 Å². The highest BCUT2D eigenvalue weighted by atomic mass is 79.9. The third-order valence-corrected chi connectivity index (χ3v) is 3.27. The number of alkyl halides is 1. The molecule has 110 valence electrons. The van der Waals surface area contributed by atoms with Crippen LogP contribution in [0.4, 0.5) is 4.39 Å². The van der Waals surface area contributed by atoms with E-state index in [-0.39, 0.29) is 10.6 Å². The number of hydrogen-bond acceptors (Lipinski definition) is 4. The van der Waals surface area contributed by atoms with Crippen molar-refractivity contribution >= 4 is 21.9 Å². The maximum absolute atomic E-state index is 13.3. The van der Waals surface area contributed by atoms with Gasteiger partial charge in [0.2, 0.25) is 5.88 Å². The van der Waals surface area contributed by atoms with Crippen molar-refractivity contribution in [3.05, 3.63) is 53.5 Å². The summed E-state index contributed by atoms with van der Waals surface area (Å²) >= 11 is 3.39. The van der Waals surface area contributed by atoms with Gasteiger partial charge in [0.1, 0.15) is 11.6 Å². The lowest BCUT2D eigenvalue weighted by molar-refractivity contribution is 0.0600. The van der Waals surface area contributed by atoms with Gasteiger partial charge in [-0.2, -0.15) is 0 Å². The molecule has 1 unspecified atom stereocenters. The van der Waals surface area contributed by atoms with Gasteiger partial charge in [-0.15, -0.1) is 0 Å². The summed E-state index contributed by atoms with van der Waals surface area (Å²) in [6.07, 6.45) is 1.36. The zero-order valence-corrected chi connectivity index (χ0v) is 13.1. The van der Waals surface area contributed by atoms with E-state index in [1.54, 1.807) is 18.2 Å². The highest BCUT2D eigenvalue weighted by Gasteiger charge is 2.12. The average molecular weight is 354 g/mol. The van der Waals surface area contributed by atoms with Crippen molar-refractivity contribution in [1.82, 2.24) is 4.98 Å². The molecular formula is C15H13BrFNO3. The van der Waals surface area contributed by atoms with Crippen LogP contribution in [0.3, 0.4) is 0 Å². The molecule has 4 nitrogen and oxygen atoms in total. The second kappa shape index (κ2) is 6.67. The van der Waals surface area contributed by atoms with Gasteiger partial charge in [-0.1, -0.05) is 15.9 Å². The second-order valence-electron chi connectivity index (χ2n) is 4.28. The van der Waals surface area contributed by atoms with Gasteiger partial charge in [-0.3, -0.25) is 0 Å². The Kier molecular flexibility index (Phi) is 4.90. The molecular weight excluding hydrogens is 341 g/mol. The highest BCUT2D eigenvalue weighted by Crippen LogP contribution is 2.33. The van der Waals surface area contributed by atoms with E-state index in [9.17, 15) is 9.18 Å². The number of nitrogens with zero attached hydrogens (tertiary/aromatic N) is 1. The van der Waals surface area contributed by atoms with E-state index in [1.807, 2.05) is 6.92 Å². The predicted molar refractivity (Wildman–Crippen MR) is 79.4 cm³/mol. The third-order valence-electron chi connectivity index (χ3n) is 2.77. The number of benzene rings is 1. The monoisotopic (exact) mass is 353 g/mol. The van der Waals surface area contributed by atoms with Gasteiger partial charge in [-0.05, 0) is 31.2 Å². The summed E-state index contributed by atoms with van der Waals surface area (Å²) in [5.74, 6) is 0.00556. The molecule has 2 rings (SSSR count). The molecule has 0 radical (unpaired) electrons. The Morgan fingerprint density at radius 3 is 2.67 bits per heavy atom. The van der Waals surface area contributed by atoms with E-state index in [1.165, 1.54) is 25.4 Å². The first-order valence-electron chi connectivity index (χ1n) is 6.17. The highest BCUT2D eigenvalue weighted by molar-refractivity contribution is 9.09. The first kappa shape index (κ1) is 15.4. The van der Waals surface area contributed by atoms with Gasteiger partial charge in [0.25, 0.3) is 0 Å². The number of carbonyl (C=O) groups excluding carboxylic acids is 1. The fraction of sp³-hybridized carbons (Fsp3) is 0.200. The fourth-order valence-electron chi connectivity index (χ4n) is 1.72. The molecule has 0 aliphatic carbocycles. The summed E-state index contributed by atoms with van der Waals surface area (Å²) in [5, 5.41) is 0. The number of carbonyl (C=O) groups is 1. The fourth-order valence-corrected chi connectivity index (χ4v) is 2.07. The Hall–Kier alpha value is -1.95. The Morgan fingerprint density at radius 1 is 1.33 bits per heavy atom. The van der Waals surface area contributed by atoms with E-state index < -0.39 is 5.97 Å². The van der Waals surface area contributed by atoms with Gasteiger partial charge in [0.05, 0.1) is 12.7 Å². The first-order valence-corrected chi connectivity index (χ1v) is 7.08. The number of rotatable bonds is 4. The maximum Gasteiger partial charge on any atom is 0.339 e. The van der Waals surface area contributed by atoms with Crippen molar-refractivity contribution in [3.63, 3.8) is 0 Å². The topological polar surface area (TPSA) is 48.4 Å². The minimum Gasteiger partial charge on any atom is -0.465 e. The summed E-state index contributed by atoms with van der Waals surface area (Å²) < 4.78 is 23.5. The van der Waals surface area contributed by atoms with Gasteiger partial charge in [-0.25, -0.2) is 14.2 Å². The molecule has 0 saturated heterocycles. The molecule has 0 saturated carbocycles. The molecule has 0 N–H and O–H groups in total. The average Bonchev–Trinajstić information content (AvgIpc) is 2.49. The lowest BCUT2D eigenvalue weighted by atomic mass is 10.1. The summed E-state index contributed by atoms with van der Waals surface area (Å²) in [5.41, 5.74) is 1.01. The molecule has 1 aromatic carbocycles. The minimum absolute atomic E-state index is 0.0717. The smallest absolute Gasteiger partial charge is 0.339 e. The quantitative estimate of drug-likeness (QED) is 0.608. The number of halogens is 2. The lowest BCUT2D eigenvalue weighted by Crippen LogP contribution is -2.02. The first-order chi connectivity index (χ1) is 10.0. The molecule has 0 aliphatic heterocycles. The van der Waals surface area contributed by atoms with Crippen molar-refractivity contribution in [1.29, 1.82) is 0 Å². The summed E-state index contributed by atoms with van der Waals surface area (Å²) in [6, 6.07) is 7.36. The molecule has 1 heterocycles. The van der Waals surface area contributed by atoms with Gasteiger partial charge < -0.3 is 9.47 Å². The summed E-state index contributed by atoms with van der Waals surface area (Å²) in [7, 11) is 1.30. The van der Waals surface area contributed by atoms with Crippen molar-refractivity contribution in [3.8, 4) is 11.6 Å². The van der Waals surface area contributed by atoms with Gasteiger partial charge >= 0.3 is 5.97 Å². The molecule has 0 fully saturated rings. The van der Waals surface area contributed by atoms with Crippen molar-refractivity contribution in [2.24, 2.45) is 0 Å². The van der Waals surface area contributed by atoms with Crippen LogP contribution < -0.4 is 4.74 Å². The molecule has 1 aromatic heterocycles. The number of pyridine rings is 1. The zero-order valence-electron chi connectivity index (χ0n) is 11.5. The number of hydrogen-bond donors (Lipinski definition) is 0. The van der Waals surface area contributed by atoms with E-state index in [4.69, 9.17) is 4.74 Å². The molecule has 6 heteroatoms. The van der Waals surface area contributed by atoms with E-state index >= 15 is 0 Å². The van der Waals surface area contributed by atoms with Crippen LogP contribution in [0.15, 0.2) is 36.5 Å². The predicted octanol–water partition coefficient (Wildman–Crippen LogP) is 4.26. The maximum atomic E-state index is 13.3. The Bertz CT molecular complexity index is 644. The number of ether oxygens (including phenoxy) is 2. The van der Waals surface area contributed by atoms with Gasteiger partial charge in [0, 0.05) is 22.7 Å². The molecule has 0 amide bonds. The minimum atomic E-state index is -0.467. The van der Waals surface area contributed by atoms with Crippen LogP contribution in [-0.2, 0) is 4.74 Å². The van der Waals surface area contributed by atoms with Crippen LogP contribution in [0.25, 0.3) is 0 Å². The molecule has 0 aliphatic rings. The molecule has 2 aromatic rings. The molecule has 21 heavy (non-hydrogen) atoms. The van der Waals surface area contributed by atoms with Crippen LogP contribution in [0.2, 0.25) is 0 Å². The Morgan fingerprint density at radius 2 is 2.10 bits per heavy atom. The third kappa shape index (κ3) is 3.78. The number of methoxy groups -OCH3 is 1. The normalized spacial score (nSPS) is 11.8. The summed E-state index contributed by atoms with van der Waals surface area (Å²) in [6.45, 7) is 1.87. The van der Waals surface area contributed by atoms with Crippen molar-refractivity contribution in [2.45, 2.75) is 11.8 Å². The van der Waals surface area contributed by atoms with Crippen LogP contribution in [0, 0.1) is 5.82 Å². The van der Waals surface area contributed by atoms with Crippen LogP contribution in [0.1, 0.15) is 27.7 Å². The van der Waals surface area contributed by atoms with E-state index in [2.05, 4.69) is 25.7 Å². The van der Waals surface area contributed by atoms with Crippen molar-refractivity contribution < 1.29 is 18.7 Å². The summed E-state index contributed by atoms with van der Waals surface area (Å²) in [4.78, 5) is 15.3. The van der Waals surface area contributed by atoms with Crippen LogP contribution in [-0.4, -0.2) is 18.1 Å². The number of aromatic nitrogens is 1. The SMILES string of the molecule is COC(=O)c1ccc(Oc2ccc(F)cc2C(C)Br)nc1. The van der Waals surface area contributed by atoms with E-state index in [0.717, 1.165) is 0 Å². The molecule has 0 bridgehead atoms. The van der Waals surface area contributed by atoms with Crippen LogP contribution in [0.5, 0.6) is 11.6 Å². The lowest BCUT2D eigenvalue weighted by Gasteiger charge is -2.12. The standard InChI is InChI=1S/C15H13BrFNO3/c1-9(16)12-7-11(17)4-5-13(12)21-14-6-3-10(8-18-14)15(19)20-2/h3-9H,1-2H3. The Labute approximate surface area is 130 Å². The molecule has 1 atom stereocenters. The molecule has 0 spiro atoms. The van der Waals surface area contributed by atoms with Crippen molar-refractivity contribution in [2.75, 3.05) is 7.11 Å². The Balaban J connectivity index is 2.24. The largest absolute Gasteiger partial charge is 0.465 e. The van der Waals surface area contributed by atoms with Gasteiger partial charge in [0.15, 0.2) is 0 Å². The number of esters is 1. The zero-order chi connectivity index (χ0) is 15.4.